The quantitative estimate of drug-likeness (QED) is 0.301. The summed E-state index contributed by atoms with van der Waals surface area (Å²) in [4.78, 5) is 45.3. The number of urea groups is 1. The van der Waals surface area contributed by atoms with Gasteiger partial charge in [0, 0.05) is 61.3 Å². The van der Waals surface area contributed by atoms with Crippen LogP contribution in [0.25, 0.3) is 22.2 Å². The summed E-state index contributed by atoms with van der Waals surface area (Å²) in [6.45, 7) is 5.42. The second kappa shape index (κ2) is 13.6. The second-order valence-electron chi connectivity index (χ2n) is 11.8. The van der Waals surface area contributed by atoms with Crippen molar-refractivity contribution < 1.29 is 29.0 Å². The van der Waals surface area contributed by atoms with Crippen molar-refractivity contribution in [2.75, 3.05) is 27.3 Å². The number of carbonyl (C=O) groups is 3. The molecule has 1 aliphatic heterocycles. The molecule has 3 atom stereocenters. The molecule has 3 aromatic rings. The number of amides is 3. The highest BCUT2D eigenvalue weighted by molar-refractivity contribution is 5.94. The Kier molecular flexibility index (Phi) is 9.60. The smallest absolute Gasteiger partial charge is 0.330 e. The summed E-state index contributed by atoms with van der Waals surface area (Å²) in [6, 6.07) is 4.19. The van der Waals surface area contributed by atoms with Crippen LogP contribution < -0.4 is 20.1 Å². The van der Waals surface area contributed by atoms with Gasteiger partial charge in [-0.05, 0) is 51.2 Å². The number of aryl methyl sites for hydroxylation is 2. The van der Waals surface area contributed by atoms with E-state index in [1.807, 2.05) is 48.2 Å². The molecular formula is C33H42N6O6. The van der Waals surface area contributed by atoms with Crippen molar-refractivity contribution in [3.05, 3.63) is 48.3 Å². The lowest BCUT2D eigenvalue weighted by molar-refractivity contribution is -0.143. The van der Waals surface area contributed by atoms with Crippen molar-refractivity contribution in [1.29, 1.82) is 0 Å². The molecule has 0 bridgehead atoms. The number of ether oxygens (including phenoxy) is 2. The van der Waals surface area contributed by atoms with Gasteiger partial charge in [-0.2, -0.15) is 5.10 Å². The van der Waals surface area contributed by atoms with Crippen LogP contribution in [0.4, 0.5) is 4.79 Å². The van der Waals surface area contributed by atoms with E-state index in [1.54, 1.807) is 25.3 Å². The van der Waals surface area contributed by atoms with Crippen LogP contribution >= 0.6 is 0 Å². The molecule has 0 saturated heterocycles. The maximum absolute atomic E-state index is 13.5. The zero-order valence-electron chi connectivity index (χ0n) is 26.3. The number of allylic oxidation sites excluding steroid dienone is 1. The minimum absolute atomic E-state index is 0.0736. The van der Waals surface area contributed by atoms with Crippen molar-refractivity contribution in [2.24, 2.45) is 5.92 Å². The van der Waals surface area contributed by atoms with Crippen molar-refractivity contribution in [3.63, 3.8) is 0 Å². The largest absolute Gasteiger partial charge is 0.496 e. The van der Waals surface area contributed by atoms with Gasteiger partial charge in [-0.1, -0.05) is 19.1 Å². The highest BCUT2D eigenvalue weighted by Gasteiger charge is 2.60. The van der Waals surface area contributed by atoms with Crippen LogP contribution in [0.1, 0.15) is 51.0 Å². The normalized spacial score (nSPS) is 23.0. The number of aliphatic carboxylic acids is 1. The van der Waals surface area contributed by atoms with E-state index in [-0.39, 0.29) is 18.9 Å². The number of carboxylic acids is 1. The van der Waals surface area contributed by atoms with Crippen LogP contribution in [0, 0.1) is 12.8 Å². The molecule has 0 radical (unpaired) electrons. The lowest BCUT2D eigenvalue weighted by atomic mass is 10.1. The summed E-state index contributed by atoms with van der Waals surface area (Å²) >= 11 is 0. The Labute approximate surface area is 262 Å². The molecule has 1 fully saturated rings. The Morgan fingerprint density at radius 3 is 2.80 bits per heavy atom. The number of methoxy groups -OCH3 is 1. The van der Waals surface area contributed by atoms with Gasteiger partial charge in [0.2, 0.25) is 5.91 Å². The molecule has 45 heavy (non-hydrogen) atoms. The van der Waals surface area contributed by atoms with Gasteiger partial charge >= 0.3 is 12.0 Å². The SMILES string of the molecule is CCCn1cc(-c2cc(OCCC3NC(=O)N(C)CCCC/C=C/C4CC4(C(=O)O)NC3=O)c3ccc(OC)c(C)c3n2)cn1. The summed E-state index contributed by atoms with van der Waals surface area (Å²) in [5, 5.41) is 20.8. The van der Waals surface area contributed by atoms with E-state index in [2.05, 4.69) is 22.7 Å². The van der Waals surface area contributed by atoms with E-state index >= 15 is 0 Å². The van der Waals surface area contributed by atoms with Crippen LogP contribution in [-0.4, -0.2) is 81.6 Å². The molecule has 1 aromatic carbocycles. The summed E-state index contributed by atoms with van der Waals surface area (Å²) in [5.74, 6) is -0.674. The highest BCUT2D eigenvalue weighted by atomic mass is 16.5. The summed E-state index contributed by atoms with van der Waals surface area (Å²) in [5.41, 5.74) is 1.72. The number of fused-ring (bicyclic) bond motifs is 2. The lowest BCUT2D eigenvalue weighted by Crippen LogP contribution is -2.55. The number of carbonyl (C=O) groups excluding carboxylic acids is 2. The first-order valence-corrected chi connectivity index (χ1v) is 15.5. The van der Waals surface area contributed by atoms with E-state index in [1.165, 1.54) is 0 Å². The zero-order chi connectivity index (χ0) is 32.1. The van der Waals surface area contributed by atoms with Gasteiger partial charge in [0.25, 0.3) is 0 Å². The number of hydrogen-bond acceptors (Lipinski definition) is 7. The Bertz CT molecular complexity index is 1600. The molecule has 5 rings (SSSR count). The van der Waals surface area contributed by atoms with E-state index in [0.717, 1.165) is 48.7 Å². The number of rotatable bonds is 9. The molecule has 0 spiro atoms. The Morgan fingerprint density at radius 1 is 1.22 bits per heavy atom. The van der Waals surface area contributed by atoms with E-state index < -0.39 is 29.5 Å². The van der Waals surface area contributed by atoms with Gasteiger partial charge in [-0.15, -0.1) is 0 Å². The van der Waals surface area contributed by atoms with Gasteiger partial charge in [0.15, 0.2) is 0 Å². The van der Waals surface area contributed by atoms with Crippen molar-refractivity contribution >= 4 is 28.8 Å². The van der Waals surface area contributed by atoms with Gasteiger partial charge in [-0.25, -0.2) is 14.6 Å². The van der Waals surface area contributed by atoms with Gasteiger partial charge in [0.1, 0.15) is 23.1 Å². The minimum Gasteiger partial charge on any atom is -0.496 e. The molecule has 12 heteroatoms. The average molecular weight is 619 g/mol. The standard InChI is InChI=1S/C33H42N6O6/c1-5-14-39-20-22(19-34-39)26-17-28(24-11-12-27(44-4)21(2)29(24)35-26)45-16-13-25-30(40)37-33(31(41)42)18-23(33)10-8-6-7-9-15-38(3)32(43)36-25/h8,10-12,17,19-20,23,25H,5-7,9,13-16,18H2,1-4H3,(H,36,43)(H,37,40)(H,41,42)/b10-8+. The topological polar surface area (TPSA) is 148 Å². The van der Waals surface area contributed by atoms with Crippen molar-refractivity contribution in [3.8, 4) is 22.8 Å². The van der Waals surface area contributed by atoms with Gasteiger partial charge in [-0.3, -0.25) is 9.48 Å². The number of aromatic nitrogens is 3. The molecule has 3 N–H and O–H groups in total. The van der Waals surface area contributed by atoms with Crippen LogP contribution in [0.3, 0.4) is 0 Å². The summed E-state index contributed by atoms with van der Waals surface area (Å²) in [6.07, 6.45) is 11.4. The van der Waals surface area contributed by atoms with Gasteiger partial charge in [0.05, 0.1) is 31.1 Å². The van der Waals surface area contributed by atoms with Crippen molar-refractivity contribution in [1.82, 2.24) is 30.3 Å². The number of nitrogens with zero attached hydrogens (tertiary/aromatic N) is 4. The lowest BCUT2D eigenvalue weighted by Gasteiger charge is -2.25. The molecule has 3 heterocycles. The molecule has 240 valence electrons. The Morgan fingerprint density at radius 2 is 2.04 bits per heavy atom. The number of nitrogens with one attached hydrogen (secondary N) is 2. The van der Waals surface area contributed by atoms with E-state index in [0.29, 0.717) is 35.7 Å². The molecule has 2 aliphatic rings. The number of pyridine rings is 1. The molecule has 1 saturated carbocycles. The van der Waals surface area contributed by atoms with Crippen molar-refractivity contribution in [2.45, 2.75) is 70.5 Å². The third-order valence-corrected chi connectivity index (χ3v) is 8.60. The van der Waals surface area contributed by atoms with E-state index in [9.17, 15) is 19.5 Å². The number of benzene rings is 1. The third-order valence-electron chi connectivity index (χ3n) is 8.60. The maximum atomic E-state index is 13.5. The fourth-order valence-corrected chi connectivity index (χ4v) is 5.77. The van der Waals surface area contributed by atoms with Crippen LogP contribution in [0.5, 0.6) is 11.5 Å². The first kappa shape index (κ1) is 31.8. The number of carboxylic acid groups (broad SMARTS) is 1. The molecule has 3 unspecified atom stereocenters. The van der Waals surface area contributed by atoms with Crippen LogP contribution in [0.15, 0.2) is 42.7 Å². The molecule has 2 aromatic heterocycles. The predicted molar refractivity (Wildman–Crippen MR) is 169 cm³/mol. The zero-order valence-corrected chi connectivity index (χ0v) is 26.3. The third kappa shape index (κ3) is 6.89. The molecule has 12 nitrogen and oxygen atoms in total. The predicted octanol–water partition coefficient (Wildman–Crippen LogP) is 4.30. The summed E-state index contributed by atoms with van der Waals surface area (Å²) < 4.78 is 13.7. The van der Waals surface area contributed by atoms with Crippen LogP contribution in [-0.2, 0) is 16.1 Å². The second-order valence-corrected chi connectivity index (χ2v) is 11.8. The fourth-order valence-electron chi connectivity index (χ4n) is 5.77. The Hall–Kier alpha value is -4.61. The minimum atomic E-state index is -1.37. The first-order valence-electron chi connectivity index (χ1n) is 15.5. The number of hydrogen-bond donors (Lipinski definition) is 3. The average Bonchev–Trinajstić information content (AvgIpc) is 3.52. The van der Waals surface area contributed by atoms with Gasteiger partial charge < -0.3 is 30.1 Å². The summed E-state index contributed by atoms with van der Waals surface area (Å²) in [7, 11) is 3.30. The molecule has 1 aliphatic carbocycles. The monoisotopic (exact) mass is 618 g/mol. The maximum Gasteiger partial charge on any atom is 0.330 e. The van der Waals surface area contributed by atoms with Crippen LogP contribution in [0.2, 0.25) is 0 Å². The molecule has 3 amide bonds. The Balaban J connectivity index is 1.41. The highest BCUT2D eigenvalue weighted by Crippen LogP contribution is 2.45. The first-order chi connectivity index (χ1) is 21.7. The van der Waals surface area contributed by atoms with E-state index in [4.69, 9.17) is 14.5 Å². The molecular weight excluding hydrogens is 576 g/mol. The fraction of sp³-hybridized carbons (Fsp3) is 0.485.